The molecule has 0 radical (unpaired) electrons. The summed E-state index contributed by atoms with van der Waals surface area (Å²) < 4.78 is 83.3. The molecule has 0 aliphatic carbocycles. The van der Waals surface area contributed by atoms with Gasteiger partial charge in [0, 0.05) is 23.1 Å². The number of benzene rings is 2. The second kappa shape index (κ2) is 8.27. The SMILES string of the molecule is C=Cc1ccc(/C(F)=C/C(c2cc(C)c(Cl)c(C)c2)C(F)(F)F)cc1C(C)(F)F. The first-order chi connectivity index (χ1) is 13.3. The second-order valence-corrected chi connectivity index (χ2v) is 7.28. The molecule has 1 unspecified atom stereocenters. The molecule has 0 N–H and O–H groups in total. The summed E-state index contributed by atoms with van der Waals surface area (Å²) in [6.07, 6.45) is -3.22. The molecule has 2 aromatic rings. The molecule has 0 aliphatic rings. The van der Waals surface area contributed by atoms with E-state index in [9.17, 15) is 26.3 Å². The first-order valence-electron chi connectivity index (χ1n) is 8.61. The number of allylic oxidation sites excluding steroid dienone is 1. The minimum atomic E-state index is -4.79. The number of rotatable bonds is 5. The molecular formula is C22H19ClF6. The normalized spacial score (nSPS) is 14.1. The maximum Gasteiger partial charge on any atom is 0.399 e. The highest BCUT2D eigenvalue weighted by Crippen LogP contribution is 2.40. The van der Waals surface area contributed by atoms with E-state index in [0.29, 0.717) is 29.1 Å². The van der Waals surface area contributed by atoms with Crippen LogP contribution in [0.2, 0.25) is 5.02 Å². The van der Waals surface area contributed by atoms with Gasteiger partial charge >= 0.3 is 6.18 Å². The van der Waals surface area contributed by atoms with Crippen LogP contribution in [0.15, 0.2) is 43.0 Å². The minimum absolute atomic E-state index is 0.0744. The molecule has 0 nitrogen and oxygen atoms in total. The Balaban J connectivity index is 2.60. The molecule has 0 aromatic heterocycles. The lowest BCUT2D eigenvalue weighted by molar-refractivity contribution is -0.139. The Labute approximate surface area is 170 Å². The van der Waals surface area contributed by atoms with Crippen molar-refractivity contribution >= 4 is 23.5 Å². The molecule has 2 rings (SSSR count). The van der Waals surface area contributed by atoms with Crippen molar-refractivity contribution in [3.8, 4) is 0 Å². The molecule has 0 spiro atoms. The number of alkyl halides is 5. The highest BCUT2D eigenvalue weighted by molar-refractivity contribution is 6.32. The van der Waals surface area contributed by atoms with Crippen LogP contribution in [0, 0.1) is 13.8 Å². The minimum Gasteiger partial charge on any atom is -0.207 e. The highest BCUT2D eigenvalue weighted by atomic mass is 35.5. The summed E-state index contributed by atoms with van der Waals surface area (Å²) in [6, 6.07) is 5.66. The van der Waals surface area contributed by atoms with Gasteiger partial charge < -0.3 is 0 Å². The van der Waals surface area contributed by atoms with Crippen LogP contribution in [0.25, 0.3) is 11.9 Å². The van der Waals surface area contributed by atoms with Gasteiger partial charge in [0.15, 0.2) is 0 Å². The van der Waals surface area contributed by atoms with Crippen LogP contribution in [-0.4, -0.2) is 6.18 Å². The first kappa shape index (κ1) is 23.1. The molecule has 0 saturated heterocycles. The Bertz CT molecular complexity index is 928. The van der Waals surface area contributed by atoms with Gasteiger partial charge in [0.05, 0.1) is 0 Å². The van der Waals surface area contributed by atoms with E-state index >= 15 is 0 Å². The fourth-order valence-corrected chi connectivity index (χ4v) is 3.15. The van der Waals surface area contributed by atoms with Gasteiger partial charge in [-0.1, -0.05) is 48.5 Å². The molecule has 0 bridgehead atoms. The smallest absolute Gasteiger partial charge is 0.207 e. The predicted molar refractivity (Wildman–Crippen MR) is 105 cm³/mol. The fourth-order valence-electron chi connectivity index (χ4n) is 3.04. The average Bonchev–Trinajstić information content (AvgIpc) is 2.61. The topological polar surface area (TPSA) is 0 Å². The van der Waals surface area contributed by atoms with Crippen molar-refractivity contribution in [3.63, 3.8) is 0 Å². The maximum atomic E-state index is 14.7. The molecule has 2 aromatic carbocycles. The summed E-state index contributed by atoms with van der Waals surface area (Å²) in [4.78, 5) is 0. The number of aryl methyl sites for hydroxylation is 2. The third-order valence-electron chi connectivity index (χ3n) is 4.51. The lowest BCUT2D eigenvalue weighted by Gasteiger charge is -2.20. The standard InChI is InChI=1S/C22H19ClF6/c1-5-14-6-7-15(10-17(14)21(4,25)26)19(24)11-18(22(27,28)29)16-8-12(2)20(23)13(3)9-16/h5-11,18H,1H2,2-4H3/b19-11-. The molecule has 1 atom stereocenters. The zero-order chi connectivity index (χ0) is 22.1. The van der Waals surface area contributed by atoms with Crippen LogP contribution in [0.5, 0.6) is 0 Å². The van der Waals surface area contributed by atoms with E-state index in [4.69, 9.17) is 11.6 Å². The average molecular weight is 433 g/mol. The van der Waals surface area contributed by atoms with Crippen molar-refractivity contribution in [3.05, 3.63) is 81.4 Å². The monoisotopic (exact) mass is 432 g/mol. The van der Waals surface area contributed by atoms with E-state index in [1.807, 2.05) is 0 Å². The summed E-state index contributed by atoms with van der Waals surface area (Å²) in [5.74, 6) is -6.83. The summed E-state index contributed by atoms with van der Waals surface area (Å²) in [5, 5.41) is 0.328. The van der Waals surface area contributed by atoms with Gasteiger partial charge in [-0.2, -0.15) is 13.2 Å². The van der Waals surface area contributed by atoms with Gasteiger partial charge in [0.1, 0.15) is 11.7 Å². The Morgan fingerprint density at radius 3 is 2.03 bits per heavy atom. The fraction of sp³-hybridized carbons (Fsp3) is 0.273. The number of hydrogen-bond donors (Lipinski definition) is 0. The van der Waals surface area contributed by atoms with Crippen molar-refractivity contribution in [2.45, 2.75) is 38.8 Å². The van der Waals surface area contributed by atoms with Crippen LogP contribution in [0.3, 0.4) is 0 Å². The summed E-state index contributed by atoms with van der Waals surface area (Å²) in [6.45, 7) is 7.15. The summed E-state index contributed by atoms with van der Waals surface area (Å²) >= 11 is 6.01. The van der Waals surface area contributed by atoms with Crippen molar-refractivity contribution in [1.82, 2.24) is 0 Å². The van der Waals surface area contributed by atoms with Crippen LogP contribution in [-0.2, 0) is 5.92 Å². The quantitative estimate of drug-likeness (QED) is 0.416. The van der Waals surface area contributed by atoms with E-state index in [0.717, 1.165) is 12.1 Å². The van der Waals surface area contributed by atoms with E-state index in [2.05, 4.69) is 6.58 Å². The Kier molecular flexibility index (Phi) is 6.58. The second-order valence-electron chi connectivity index (χ2n) is 6.90. The summed E-state index contributed by atoms with van der Waals surface area (Å²) in [5.41, 5.74) is -0.152. The van der Waals surface area contributed by atoms with Crippen LogP contribution in [0.4, 0.5) is 26.3 Å². The molecule has 0 saturated carbocycles. The van der Waals surface area contributed by atoms with Crippen molar-refractivity contribution in [1.29, 1.82) is 0 Å². The first-order valence-corrected chi connectivity index (χ1v) is 8.99. The Hall–Kier alpha value is -2.21. The van der Waals surface area contributed by atoms with Crippen molar-refractivity contribution in [2.24, 2.45) is 0 Å². The van der Waals surface area contributed by atoms with Crippen LogP contribution in [0.1, 0.15) is 46.2 Å². The Morgan fingerprint density at radius 1 is 1.03 bits per heavy atom. The lowest BCUT2D eigenvalue weighted by Crippen LogP contribution is -2.19. The van der Waals surface area contributed by atoms with Gasteiger partial charge in [-0.15, -0.1) is 0 Å². The van der Waals surface area contributed by atoms with Crippen molar-refractivity contribution in [2.75, 3.05) is 0 Å². The highest BCUT2D eigenvalue weighted by Gasteiger charge is 2.40. The third kappa shape index (κ3) is 5.24. The van der Waals surface area contributed by atoms with Gasteiger partial charge in [-0.3, -0.25) is 0 Å². The molecular weight excluding hydrogens is 414 g/mol. The predicted octanol–water partition coefficient (Wildman–Crippen LogP) is 8.37. The number of hydrogen-bond acceptors (Lipinski definition) is 0. The number of halogens is 7. The molecule has 0 heterocycles. The molecule has 0 aliphatic heterocycles. The van der Waals surface area contributed by atoms with E-state index in [1.165, 1.54) is 24.3 Å². The Morgan fingerprint density at radius 2 is 1.59 bits per heavy atom. The largest absolute Gasteiger partial charge is 0.399 e. The maximum absolute atomic E-state index is 14.7. The lowest BCUT2D eigenvalue weighted by atomic mass is 9.92. The zero-order valence-corrected chi connectivity index (χ0v) is 16.7. The van der Waals surface area contributed by atoms with Crippen LogP contribution < -0.4 is 0 Å². The van der Waals surface area contributed by atoms with Gasteiger partial charge in [-0.05, 0) is 48.2 Å². The molecule has 7 heteroatoms. The van der Waals surface area contributed by atoms with E-state index in [1.54, 1.807) is 13.8 Å². The molecule has 156 valence electrons. The zero-order valence-electron chi connectivity index (χ0n) is 16.0. The third-order valence-corrected chi connectivity index (χ3v) is 5.10. The van der Waals surface area contributed by atoms with Gasteiger partial charge in [0.2, 0.25) is 0 Å². The van der Waals surface area contributed by atoms with E-state index in [-0.39, 0.29) is 16.7 Å². The van der Waals surface area contributed by atoms with Gasteiger partial charge in [0.25, 0.3) is 5.92 Å². The van der Waals surface area contributed by atoms with Gasteiger partial charge in [-0.25, -0.2) is 13.2 Å². The van der Waals surface area contributed by atoms with Crippen molar-refractivity contribution < 1.29 is 26.3 Å². The summed E-state index contributed by atoms with van der Waals surface area (Å²) in [7, 11) is 0. The molecule has 0 fully saturated rings. The molecule has 29 heavy (non-hydrogen) atoms. The van der Waals surface area contributed by atoms with E-state index < -0.39 is 29.4 Å². The van der Waals surface area contributed by atoms with Crippen LogP contribution >= 0.6 is 11.6 Å². The molecule has 0 amide bonds.